The van der Waals surface area contributed by atoms with Gasteiger partial charge in [0.05, 0.1) is 11.0 Å². The van der Waals surface area contributed by atoms with Crippen LogP contribution >= 0.6 is 0 Å². The highest BCUT2D eigenvalue weighted by atomic mass is 16.1. The van der Waals surface area contributed by atoms with Crippen LogP contribution < -0.4 is 11.1 Å². The number of carbonyl (C=O) groups excluding carboxylic acids is 1. The number of anilines is 1. The number of aromatic amines is 1. The number of benzene rings is 1. The number of nitrogens with two attached hydrogens (primary N) is 1. The number of nitrogens with zero attached hydrogens (tertiary/aromatic N) is 1. The van der Waals surface area contributed by atoms with Gasteiger partial charge in [-0.05, 0) is 31.0 Å². The van der Waals surface area contributed by atoms with Gasteiger partial charge in [0, 0.05) is 24.6 Å². The summed E-state index contributed by atoms with van der Waals surface area (Å²) in [6, 6.07) is 5.74. The van der Waals surface area contributed by atoms with E-state index in [1.807, 2.05) is 18.2 Å². The number of H-pyrrole nitrogens is 1. The summed E-state index contributed by atoms with van der Waals surface area (Å²) in [6.07, 6.45) is 4.08. The van der Waals surface area contributed by atoms with E-state index >= 15 is 0 Å². The third-order valence-electron chi connectivity index (χ3n) is 3.65. The average molecular weight is 258 g/mol. The van der Waals surface area contributed by atoms with E-state index in [0.717, 1.165) is 22.5 Å². The topological polar surface area (TPSA) is 83.8 Å². The van der Waals surface area contributed by atoms with Gasteiger partial charge in [0.1, 0.15) is 5.82 Å². The third kappa shape index (κ3) is 2.46. The molecular weight excluding hydrogens is 240 g/mol. The van der Waals surface area contributed by atoms with Crippen LogP contribution in [0.25, 0.3) is 11.0 Å². The van der Waals surface area contributed by atoms with Crippen LogP contribution in [-0.2, 0) is 4.79 Å². The van der Waals surface area contributed by atoms with Gasteiger partial charge >= 0.3 is 0 Å². The lowest BCUT2D eigenvalue weighted by Gasteiger charge is -2.22. The van der Waals surface area contributed by atoms with E-state index in [1.165, 1.54) is 19.3 Å². The van der Waals surface area contributed by atoms with Crippen LogP contribution in [0.15, 0.2) is 18.2 Å². The molecule has 1 fully saturated rings. The number of amides is 1. The summed E-state index contributed by atoms with van der Waals surface area (Å²) in [6.45, 7) is 0.365. The van der Waals surface area contributed by atoms with Crippen molar-refractivity contribution in [3.05, 3.63) is 24.0 Å². The molecule has 0 saturated heterocycles. The zero-order chi connectivity index (χ0) is 13.2. The number of fused-ring (bicyclic) bond motifs is 1. The maximum absolute atomic E-state index is 11.5. The molecular formula is C14H18N4O. The van der Waals surface area contributed by atoms with E-state index in [0.29, 0.717) is 18.9 Å². The molecule has 1 amide bonds. The number of nitrogens with one attached hydrogen (secondary N) is 2. The number of aromatic nitrogens is 2. The van der Waals surface area contributed by atoms with Crippen molar-refractivity contribution in [2.45, 2.75) is 31.6 Å². The summed E-state index contributed by atoms with van der Waals surface area (Å²) in [5, 5.41) is 2.83. The van der Waals surface area contributed by atoms with E-state index in [2.05, 4.69) is 15.3 Å². The molecule has 5 nitrogen and oxygen atoms in total. The fraction of sp³-hybridized carbons (Fsp3) is 0.429. The van der Waals surface area contributed by atoms with Crippen LogP contribution in [0, 0.1) is 0 Å². The summed E-state index contributed by atoms with van der Waals surface area (Å²) in [7, 11) is 0. The van der Waals surface area contributed by atoms with Crippen LogP contribution in [0.5, 0.6) is 0 Å². The Morgan fingerprint density at radius 1 is 1.47 bits per heavy atom. The molecule has 1 heterocycles. The standard InChI is InChI=1S/C14H18N4O/c15-7-6-13(19)16-10-4-5-11-12(8-10)18-14(17-11)9-2-1-3-9/h4-5,8-9H,1-3,6-7,15H2,(H,16,19)(H,17,18). The predicted molar refractivity (Wildman–Crippen MR) is 75.0 cm³/mol. The number of rotatable bonds is 4. The van der Waals surface area contributed by atoms with Crippen molar-refractivity contribution in [2.75, 3.05) is 11.9 Å². The van der Waals surface area contributed by atoms with Crippen molar-refractivity contribution in [3.63, 3.8) is 0 Å². The van der Waals surface area contributed by atoms with E-state index < -0.39 is 0 Å². The highest BCUT2D eigenvalue weighted by molar-refractivity contribution is 5.93. The van der Waals surface area contributed by atoms with Crippen molar-refractivity contribution in [2.24, 2.45) is 5.73 Å². The van der Waals surface area contributed by atoms with Crippen LogP contribution in [0.4, 0.5) is 5.69 Å². The molecule has 1 aliphatic rings. The first kappa shape index (κ1) is 12.2. The fourth-order valence-corrected chi connectivity index (χ4v) is 2.34. The molecule has 3 rings (SSSR count). The lowest BCUT2D eigenvalue weighted by atomic mass is 9.85. The first-order valence-corrected chi connectivity index (χ1v) is 6.76. The van der Waals surface area contributed by atoms with Crippen LogP contribution in [-0.4, -0.2) is 22.4 Å². The monoisotopic (exact) mass is 258 g/mol. The molecule has 1 aliphatic carbocycles. The van der Waals surface area contributed by atoms with Gasteiger partial charge in [-0.2, -0.15) is 0 Å². The van der Waals surface area contributed by atoms with E-state index in [4.69, 9.17) is 5.73 Å². The molecule has 1 saturated carbocycles. The minimum absolute atomic E-state index is 0.0550. The lowest BCUT2D eigenvalue weighted by Crippen LogP contribution is -2.16. The van der Waals surface area contributed by atoms with Crippen LogP contribution in [0.3, 0.4) is 0 Å². The SMILES string of the molecule is NCCC(=O)Nc1ccc2nc(C3CCC3)[nH]c2c1. The Morgan fingerprint density at radius 3 is 3.00 bits per heavy atom. The summed E-state index contributed by atoms with van der Waals surface area (Å²) in [5.74, 6) is 1.61. The molecule has 0 radical (unpaired) electrons. The largest absolute Gasteiger partial charge is 0.342 e. The molecule has 0 bridgehead atoms. The fourth-order valence-electron chi connectivity index (χ4n) is 2.34. The molecule has 5 heteroatoms. The first-order chi connectivity index (χ1) is 9.26. The predicted octanol–water partition coefficient (Wildman–Crippen LogP) is 2.12. The van der Waals surface area contributed by atoms with Gasteiger partial charge in [-0.1, -0.05) is 6.42 Å². The van der Waals surface area contributed by atoms with Gasteiger partial charge in [0.25, 0.3) is 0 Å². The van der Waals surface area contributed by atoms with Crippen molar-refractivity contribution in [3.8, 4) is 0 Å². The Bertz CT molecular complexity index is 601. The molecule has 0 aliphatic heterocycles. The van der Waals surface area contributed by atoms with Crippen molar-refractivity contribution in [1.29, 1.82) is 0 Å². The minimum atomic E-state index is -0.0550. The van der Waals surface area contributed by atoms with Crippen molar-refractivity contribution >= 4 is 22.6 Å². The quantitative estimate of drug-likeness (QED) is 0.785. The Balaban J connectivity index is 1.81. The van der Waals surface area contributed by atoms with Gasteiger partial charge in [-0.15, -0.1) is 0 Å². The van der Waals surface area contributed by atoms with Gasteiger partial charge < -0.3 is 16.0 Å². The maximum Gasteiger partial charge on any atom is 0.225 e. The smallest absolute Gasteiger partial charge is 0.225 e. The molecule has 100 valence electrons. The number of carbonyl (C=O) groups is 1. The van der Waals surface area contributed by atoms with Crippen molar-refractivity contribution < 1.29 is 4.79 Å². The van der Waals surface area contributed by atoms with Crippen LogP contribution in [0.1, 0.15) is 37.4 Å². The summed E-state index contributed by atoms with van der Waals surface area (Å²) >= 11 is 0. The minimum Gasteiger partial charge on any atom is -0.342 e. The second-order valence-corrected chi connectivity index (χ2v) is 5.07. The Labute approximate surface area is 111 Å². The summed E-state index contributed by atoms with van der Waals surface area (Å²) < 4.78 is 0. The normalized spacial score (nSPS) is 15.4. The maximum atomic E-state index is 11.5. The second-order valence-electron chi connectivity index (χ2n) is 5.07. The molecule has 0 spiro atoms. The summed E-state index contributed by atoms with van der Waals surface area (Å²) in [4.78, 5) is 19.5. The lowest BCUT2D eigenvalue weighted by molar-refractivity contribution is -0.116. The number of imidazole rings is 1. The molecule has 1 aromatic carbocycles. The number of hydrogen-bond donors (Lipinski definition) is 3. The molecule has 2 aromatic rings. The zero-order valence-corrected chi connectivity index (χ0v) is 10.8. The van der Waals surface area contributed by atoms with Crippen LogP contribution in [0.2, 0.25) is 0 Å². The zero-order valence-electron chi connectivity index (χ0n) is 10.8. The second kappa shape index (κ2) is 5.01. The first-order valence-electron chi connectivity index (χ1n) is 6.76. The molecule has 0 unspecified atom stereocenters. The van der Waals surface area contributed by atoms with Gasteiger partial charge in [0.2, 0.25) is 5.91 Å². The van der Waals surface area contributed by atoms with Gasteiger partial charge in [-0.25, -0.2) is 4.98 Å². The molecule has 1 aromatic heterocycles. The molecule has 19 heavy (non-hydrogen) atoms. The Kier molecular flexibility index (Phi) is 3.21. The summed E-state index contributed by atoms with van der Waals surface area (Å²) in [5.41, 5.74) is 8.08. The van der Waals surface area contributed by atoms with E-state index in [1.54, 1.807) is 0 Å². The molecule has 4 N–H and O–H groups in total. The van der Waals surface area contributed by atoms with Crippen molar-refractivity contribution in [1.82, 2.24) is 9.97 Å². The number of hydrogen-bond acceptors (Lipinski definition) is 3. The van der Waals surface area contributed by atoms with E-state index in [9.17, 15) is 4.79 Å². The Morgan fingerprint density at radius 2 is 2.32 bits per heavy atom. The average Bonchev–Trinajstić information content (AvgIpc) is 2.69. The Hall–Kier alpha value is -1.88. The third-order valence-corrected chi connectivity index (χ3v) is 3.65. The van der Waals surface area contributed by atoms with Gasteiger partial charge in [0.15, 0.2) is 0 Å². The van der Waals surface area contributed by atoms with E-state index in [-0.39, 0.29) is 5.91 Å². The highest BCUT2D eigenvalue weighted by Crippen LogP contribution is 2.35. The highest BCUT2D eigenvalue weighted by Gasteiger charge is 2.22. The van der Waals surface area contributed by atoms with Gasteiger partial charge in [-0.3, -0.25) is 4.79 Å². The molecule has 0 atom stereocenters.